The lowest BCUT2D eigenvalue weighted by molar-refractivity contribution is 0.0929. The molecule has 0 spiro atoms. The highest BCUT2D eigenvalue weighted by molar-refractivity contribution is 5.97. The van der Waals surface area contributed by atoms with Crippen LogP contribution >= 0.6 is 0 Å². The lowest BCUT2D eigenvalue weighted by atomic mass is 10.1. The van der Waals surface area contributed by atoms with Crippen LogP contribution in [0.1, 0.15) is 22.8 Å². The summed E-state index contributed by atoms with van der Waals surface area (Å²) in [5.41, 5.74) is 1.84. The minimum atomic E-state index is 0.0720. The average molecular weight is 269 g/mol. The van der Waals surface area contributed by atoms with Crippen molar-refractivity contribution >= 4 is 5.78 Å². The summed E-state index contributed by atoms with van der Waals surface area (Å²) in [4.78, 5) is 14.3. The van der Waals surface area contributed by atoms with E-state index >= 15 is 0 Å². The fraction of sp³-hybridized carbons (Fsp3) is 0.235. The number of aromatic hydroxyl groups is 1. The second kappa shape index (κ2) is 6.87. The molecular formula is C17H19NO2. The molecule has 3 nitrogen and oxygen atoms in total. The first kappa shape index (κ1) is 14.3. The number of phenols is 1. The molecular weight excluding hydrogens is 250 g/mol. The molecule has 2 aromatic carbocycles. The third-order valence-electron chi connectivity index (χ3n) is 3.25. The molecule has 104 valence electrons. The van der Waals surface area contributed by atoms with Gasteiger partial charge >= 0.3 is 0 Å². The van der Waals surface area contributed by atoms with Gasteiger partial charge in [-0.25, -0.2) is 0 Å². The maximum Gasteiger partial charge on any atom is 0.176 e. The lowest BCUT2D eigenvalue weighted by Crippen LogP contribution is -2.29. The van der Waals surface area contributed by atoms with E-state index in [-0.39, 0.29) is 11.5 Å². The topological polar surface area (TPSA) is 40.5 Å². The van der Waals surface area contributed by atoms with Gasteiger partial charge in [0.15, 0.2) is 5.78 Å². The number of nitrogens with zero attached hydrogens (tertiary/aromatic N) is 1. The summed E-state index contributed by atoms with van der Waals surface area (Å²) in [5.74, 6) is 0.251. The van der Waals surface area contributed by atoms with Gasteiger partial charge in [0.05, 0.1) is 6.54 Å². The quantitative estimate of drug-likeness (QED) is 0.819. The van der Waals surface area contributed by atoms with Crippen molar-refractivity contribution in [2.75, 3.05) is 13.1 Å². The molecule has 0 radical (unpaired) electrons. The second-order valence-corrected chi connectivity index (χ2v) is 4.76. The summed E-state index contributed by atoms with van der Waals surface area (Å²) in [6.45, 7) is 4.02. The van der Waals surface area contributed by atoms with Crippen molar-refractivity contribution in [2.24, 2.45) is 0 Å². The predicted molar refractivity (Wildman–Crippen MR) is 79.8 cm³/mol. The Labute approximate surface area is 119 Å². The Morgan fingerprint density at radius 2 is 1.70 bits per heavy atom. The molecule has 0 aliphatic heterocycles. The molecule has 0 saturated heterocycles. The highest BCUT2D eigenvalue weighted by atomic mass is 16.3. The van der Waals surface area contributed by atoms with E-state index in [4.69, 9.17) is 0 Å². The van der Waals surface area contributed by atoms with Crippen molar-refractivity contribution in [1.82, 2.24) is 4.90 Å². The number of rotatable bonds is 6. The van der Waals surface area contributed by atoms with Crippen molar-refractivity contribution in [3.8, 4) is 5.75 Å². The predicted octanol–water partition coefficient (Wildman–Crippen LogP) is 3.10. The number of ketones is 1. The van der Waals surface area contributed by atoms with Gasteiger partial charge in [-0.2, -0.15) is 0 Å². The normalized spacial score (nSPS) is 10.7. The Morgan fingerprint density at radius 3 is 2.30 bits per heavy atom. The first-order valence-electron chi connectivity index (χ1n) is 6.77. The molecule has 0 aliphatic rings. The Morgan fingerprint density at radius 1 is 1.05 bits per heavy atom. The number of hydrogen-bond acceptors (Lipinski definition) is 3. The lowest BCUT2D eigenvalue weighted by Gasteiger charge is -2.19. The van der Waals surface area contributed by atoms with Crippen LogP contribution in [0.5, 0.6) is 5.75 Å². The molecule has 3 heteroatoms. The molecule has 0 aromatic heterocycles. The van der Waals surface area contributed by atoms with Gasteiger partial charge in [-0.1, -0.05) is 37.3 Å². The van der Waals surface area contributed by atoms with Crippen LogP contribution in [0, 0.1) is 0 Å². The number of carbonyl (C=O) groups is 1. The molecule has 20 heavy (non-hydrogen) atoms. The van der Waals surface area contributed by atoms with Gasteiger partial charge in [0, 0.05) is 12.1 Å². The van der Waals surface area contributed by atoms with E-state index in [1.807, 2.05) is 25.1 Å². The number of benzene rings is 2. The van der Waals surface area contributed by atoms with Crippen molar-refractivity contribution in [1.29, 1.82) is 0 Å². The number of likely N-dealkylation sites (N-methyl/N-ethyl adjacent to an activating group) is 1. The molecule has 2 rings (SSSR count). The van der Waals surface area contributed by atoms with E-state index in [2.05, 4.69) is 17.0 Å². The monoisotopic (exact) mass is 269 g/mol. The SMILES string of the molecule is CCN(CC(=O)c1ccc(O)cc1)Cc1ccccc1. The number of carbonyl (C=O) groups excluding carboxylic acids is 1. The third-order valence-corrected chi connectivity index (χ3v) is 3.25. The van der Waals surface area contributed by atoms with Crippen molar-refractivity contribution in [3.05, 3.63) is 65.7 Å². The van der Waals surface area contributed by atoms with Gasteiger partial charge in [-0.3, -0.25) is 9.69 Å². The molecule has 0 unspecified atom stereocenters. The van der Waals surface area contributed by atoms with Crippen LogP contribution in [0.3, 0.4) is 0 Å². The number of Topliss-reactive ketones (excluding diaryl/α,β-unsaturated/α-hetero) is 1. The van der Waals surface area contributed by atoms with Crippen LogP contribution in [0.25, 0.3) is 0 Å². The Hall–Kier alpha value is -2.13. The van der Waals surface area contributed by atoms with E-state index in [1.54, 1.807) is 24.3 Å². The summed E-state index contributed by atoms with van der Waals surface area (Å²) in [5, 5.41) is 9.24. The van der Waals surface area contributed by atoms with Gasteiger partial charge in [0.1, 0.15) is 5.75 Å². The molecule has 0 heterocycles. The van der Waals surface area contributed by atoms with Crippen LogP contribution in [-0.4, -0.2) is 28.9 Å². The highest BCUT2D eigenvalue weighted by Gasteiger charge is 2.11. The van der Waals surface area contributed by atoms with Crippen LogP contribution in [-0.2, 0) is 6.54 Å². The average Bonchev–Trinajstić information content (AvgIpc) is 2.48. The summed E-state index contributed by atoms with van der Waals surface area (Å²) in [7, 11) is 0. The van der Waals surface area contributed by atoms with Crippen molar-refractivity contribution in [3.63, 3.8) is 0 Å². The largest absolute Gasteiger partial charge is 0.508 e. The summed E-state index contributed by atoms with van der Waals surface area (Å²) in [6, 6.07) is 16.5. The molecule has 2 aromatic rings. The molecule has 0 amide bonds. The maximum absolute atomic E-state index is 12.2. The molecule has 1 N–H and O–H groups in total. The zero-order valence-electron chi connectivity index (χ0n) is 11.6. The first-order chi connectivity index (χ1) is 9.69. The standard InChI is InChI=1S/C17H19NO2/c1-2-18(12-14-6-4-3-5-7-14)13-17(20)15-8-10-16(19)11-9-15/h3-11,19H,2,12-13H2,1H3. The summed E-state index contributed by atoms with van der Waals surface area (Å²) < 4.78 is 0. The first-order valence-corrected chi connectivity index (χ1v) is 6.77. The Bertz CT molecular complexity index is 549. The number of phenolic OH excluding ortho intramolecular Hbond substituents is 1. The zero-order chi connectivity index (χ0) is 14.4. The molecule has 0 bridgehead atoms. The minimum absolute atomic E-state index is 0.0720. The van der Waals surface area contributed by atoms with Crippen molar-refractivity contribution < 1.29 is 9.90 Å². The third kappa shape index (κ3) is 3.93. The van der Waals surface area contributed by atoms with E-state index in [1.165, 1.54) is 5.56 Å². The molecule has 0 atom stereocenters. The van der Waals surface area contributed by atoms with Gasteiger partial charge in [0.25, 0.3) is 0 Å². The Kier molecular flexibility index (Phi) is 4.91. The minimum Gasteiger partial charge on any atom is -0.508 e. The zero-order valence-corrected chi connectivity index (χ0v) is 11.6. The van der Waals surface area contributed by atoms with Crippen LogP contribution in [0.4, 0.5) is 0 Å². The van der Waals surface area contributed by atoms with E-state index in [9.17, 15) is 9.90 Å². The van der Waals surface area contributed by atoms with E-state index in [0.717, 1.165) is 13.1 Å². The molecule has 0 saturated carbocycles. The smallest absolute Gasteiger partial charge is 0.176 e. The summed E-state index contributed by atoms with van der Waals surface area (Å²) in [6.07, 6.45) is 0. The van der Waals surface area contributed by atoms with Crippen molar-refractivity contribution in [2.45, 2.75) is 13.5 Å². The second-order valence-electron chi connectivity index (χ2n) is 4.76. The maximum atomic E-state index is 12.2. The van der Waals surface area contributed by atoms with E-state index < -0.39 is 0 Å². The fourth-order valence-corrected chi connectivity index (χ4v) is 2.06. The van der Waals surface area contributed by atoms with E-state index in [0.29, 0.717) is 12.1 Å². The Balaban J connectivity index is 1.99. The molecule has 0 fully saturated rings. The highest BCUT2D eigenvalue weighted by Crippen LogP contribution is 2.11. The van der Waals surface area contributed by atoms with Gasteiger partial charge in [-0.05, 0) is 36.4 Å². The van der Waals surface area contributed by atoms with Crippen LogP contribution in [0.2, 0.25) is 0 Å². The molecule has 0 aliphatic carbocycles. The summed E-state index contributed by atoms with van der Waals surface area (Å²) >= 11 is 0. The van der Waals surface area contributed by atoms with Gasteiger partial charge in [0.2, 0.25) is 0 Å². The van der Waals surface area contributed by atoms with Gasteiger partial charge in [-0.15, -0.1) is 0 Å². The van der Waals surface area contributed by atoms with Crippen LogP contribution < -0.4 is 0 Å². The number of hydrogen-bond donors (Lipinski definition) is 1. The van der Waals surface area contributed by atoms with Gasteiger partial charge < -0.3 is 5.11 Å². The van der Waals surface area contributed by atoms with Crippen LogP contribution in [0.15, 0.2) is 54.6 Å². The fourth-order valence-electron chi connectivity index (χ4n) is 2.06.